The fourth-order valence-corrected chi connectivity index (χ4v) is 3.51. The third kappa shape index (κ3) is 10.3. The Bertz CT molecular complexity index is 590. The zero-order valence-corrected chi connectivity index (χ0v) is 20.2. The number of hydrogen-bond donors (Lipinski definition) is 2. The van der Waals surface area contributed by atoms with Gasteiger partial charge in [-0.15, -0.1) is 24.0 Å². The molecule has 0 atom stereocenters. The normalized spacial score (nSPS) is 15.0. The van der Waals surface area contributed by atoms with Crippen molar-refractivity contribution in [3.8, 4) is 0 Å². The number of halogens is 1. The Morgan fingerprint density at radius 2 is 1.90 bits per heavy atom. The third-order valence-corrected chi connectivity index (χ3v) is 5.26. The molecule has 1 fully saturated rings. The second kappa shape index (κ2) is 15.5. The average Bonchev–Trinajstić information content (AvgIpc) is 2.74. The van der Waals surface area contributed by atoms with Crippen LogP contribution in [0.25, 0.3) is 0 Å². The predicted octanol–water partition coefficient (Wildman–Crippen LogP) is 3.07. The fourth-order valence-electron chi connectivity index (χ4n) is 3.51. The van der Waals surface area contributed by atoms with Gasteiger partial charge in [-0.25, -0.2) is 0 Å². The number of amides is 1. The SMILES string of the molecule is CN=C(NCCCCOCCc1ccccc1)N1CCC(CC(=O)NC)CC1.I. The summed E-state index contributed by atoms with van der Waals surface area (Å²) in [5.74, 6) is 1.61. The molecular weight excluding hydrogens is 479 g/mol. The summed E-state index contributed by atoms with van der Waals surface area (Å²) in [6, 6.07) is 10.5. The van der Waals surface area contributed by atoms with Gasteiger partial charge in [0.25, 0.3) is 0 Å². The average molecular weight is 516 g/mol. The van der Waals surface area contributed by atoms with Crippen LogP contribution in [0.1, 0.15) is 37.7 Å². The van der Waals surface area contributed by atoms with Crippen LogP contribution in [0.2, 0.25) is 0 Å². The van der Waals surface area contributed by atoms with Gasteiger partial charge in [0, 0.05) is 46.8 Å². The van der Waals surface area contributed by atoms with Crippen LogP contribution in [0.15, 0.2) is 35.3 Å². The van der Waals surface area contributed by atoms with Crippen LogP contribution >= 0.6 is 24.0 Å². The highest BCUT2D eigenvalue weighted by atomic mass is 127. The molecule has 0 unspecified atom stereocenters. The van der Waals surface area contributed by atoms with Gasteiger partial charge in [0.15, 0.2) is 5.96 Å². The van der Waals surface area contributed by atoms with Gasteiger partial charge < -0.3 is 20.3 Å². The van der Waals surface area contributed by atoms with Crippen LogP contribution < -0.4 is 10.6 Å². The summed E-state index contributed by atoms with van der Waals surface area (Å²) in [4.78, 5) is 18.2. The molecule has 1 saturated heterocycles. The number of hydrogen-bond acceptors (Lipinski definition) is 3. The summed E-state index contributed by atoms with van der Waals surface area (Å²) in [5, 5.41) is 6.18. The van der Waals surface area contributed by atoms with E-state index in [0.29, 0.717) is 12.3 Å². The van der Waals surface area contributed by atoms with Crippen molar-refractivity contribution in [2.45, 2.75) is 38.5 Å². The Kier molecular flexibility index (Phi) is 13.7. The van der Waals surface area contributed by atoms with Crippen molar-refractivity contribution in [1.29, 1.82) is 0 Å². The lowest BCUT2D eigenvalue weighted by molar-refractivity contribution is -0.121. The molecule has 2 N–H and O–H groups in total. The maximum atomic E-state index is 11.5. The van der Waals surface area contributed by atoms with Gasteiger partial charge in [-0.05, 0) is 43.6 Å². The first-order chi connectivity index (χ1) is 13.7. The number of carbonyl (C=O) groups is 1. The molecule has 0 aromatic heterocycles. The standard InChI is InChI=1S/C22H36N4O2.HI/c1-23-21(27)18-20-10-14-26(15-11-20)22(24-2)25-13-6-7-16-28-17-12-19-8-4-3-5-9-19;/h3-5,8-9,20H,6-7,10-18H2,1-2H3,(H,23,27)(H,24,25);1H. The number of ether oxygens (including phenoxy) is 1. The summed E-state index contributed by atoms with van der Waals surface area (Å²) < 4.78 is 5.74. The number of likely N-dealkylation sites (tertiary alicyclic amines) is 1. The van der Waals surface area contributed by atoms with Crippen molar-refractivity contribution in [3.63, 3.8) is 0 Å². The first-order valence-electron chi connectivity index (χ1n) is 10.5. The maximum absolute atomic E-state index is 11.5. The molecule has 2 rings (SSSR count). The van der Waals surface area contributed by atoms with Crippen molar-refractivity contribution in [2.75, 3.05) is 46.9 Å². The monoisotopic (exact) mass is 516 g/mol. The van der Waals surface area contributed by atoms with Gasteiger partial charge in [0.05, 0.1) is 6.61 Å². The number of rotatable bonds is 10. The predicted molar refractivity (Wildman–Crippen MR) is 130 cm³/mol. The second-order valence-corrected chi connectivity index (χ2v) is 7.34. The molecule has 6 nitrogen and oxygen atoms in total. The number of nitrogens with one attached hydrogen (secondary N) is 2. The molecule has 0 bridgehead atoms. The van der Waals surface area contributed by atoms with Crippen LogP contribution in [0, 0.1) is 5.92 Å². The molecule has 1 aromatic carbocycles. The van der Waals surface area contributed by atoms with Gasteiger partial charge in [-0.1, -0.05) is 30.3 Å². The van der Waals surface area contributed by atoms with E-state index in [-0.39, 0.29) is 29.9 Å². The van der Waals surface area contributed by atoms with E-state index in [9.17, 15) is 4.79 Å². The lowest BCUT2D eigenvalue weighted by Crippen LogP contribution is -2.46. The van der Waals surface area contributed by atoms with Gasteiger partial charge in [-0.3, -0.25) is 9.79 Å². The lowest BCUT2D eigenvalue weighted by atomic mass is 9.93. The largest absolute Gasteiger partial charge is 0.381 e. The quantitative estimate of drug-likeness (QED) is 0.217. The summed E-state index contributed by atoms with van der Waals surface area (Å²) in [7, 11) is 3.54. The van der Waals surface area contributed by atoms with E-state index in [1.54, 1.807) is 7.05 Å². The molecule has 1 aliphatic rings. The molecular formula is C22H37IN4O2. The number of aliphatic imine (C=N–C) groups is 1. The van der Waals surface area contributed by atoms with E-state index in [1.165, 1.54) is 5.56 Å². The summed E-state index contributed by atoms with van der Waals surface area (Å²) in [6.07, 6.45) is 5.82. The van der Waals surface area contributed by atoms with Gasteiger partial charge in [0.2, 0.25) is 5.91 Å². The van der Waals surface area contributed by atoms with Gasteiger partial charge in [0.1, 0.15) is 0 Å². The van der Waals surface area contributed by atoms with E-state index >= 15 is 0 Å². The smallest absolute Gasteiger partial charge is 0.220 e. The molecule has 164 valence electrons. The van der Waals surface area contributed by atoms with Crippen LogP contribution in [-0.4, -0.2) is 63.7 Å². The summed E-state index contributed by atoms with van der Waals surface area (Å²) in [6.45, 7) is 4.42. The van der Waals surface area contributed by atoms with E-state index < -0.39 is 0 Å². The lowest BCUT2D eigenvalue weighted by Gasteiger charge is -2.34. The van der Waals surface area contributed by atoms with Crippen molar-refractivity contribution in [2.24, 2.45) is 10.9 Å². The Balaban J connectivity index is 0.00000420. The number of nitrogens with zero attached hydrogens (tertiary/aromatic N) is 2. The van der Waals surface area contributed by atoms with Crippen molar-refractivity contribution in [1.82, 2.24) is 15.5 Å². The Morgan fingerprint density at radius 1 is 1.17 bits per heavy atom. The maximum Gasteiger partial charge on any atom is 0.220 e. The Labute approximate surface area is 192 Å². The molecule has 29 heavy (non-hydrogen) atoms. The van der Waals surface area contributed by atoms with Gasteiger partial charge in [-0.2, -0.15) is 0 Å². The minimum atomic E-state index is 0. The van der Waals surface area contributed by atoms with Crippen LogP contribution in [-0.2, 0) is 16.0 Å². The first kappa shape index (κ1) is 25.7. The van der Waals surface area contributed by atoms with Crippen molar-refractivity contribution in [3.05, 3.63) is 35.9 Å². The number of piperidine rings is 1. The van der Waals surface area contributed by atoms with Crippen LogP contribution in [0.4, 0.5) is 0 Å². The topological polar surface area (TPSA) is 66.0 Å². The molecule has 0 spiro atoms. The molecule has 0 aliphatic carbocycles. The minimum absolute atomic E-state index is 0. The van der Waals surface area contributed by atoms with Crippen molar-refractivity contribution < 1.29 is 9.53 Å². The highest BCUT2D eigenvalue weighted by molar-refractivity contribution is 14.0. The molecule has 1 aliphatic heterocycles. The number of unbranched alkanes of at least 4 members (excludes halogenated alkanes) is 1. The second-order valence-electron chi connectivity index (χ2n) is 7.34. The van der Waals surface area contributed by atoms with E-state index in [2.05, 4.69) is 44.8 Å². The first-order valence-corrected chi connectivity index (χ1v) is 10.5. The number of guanidine groups is 1. The highest BCUT2D eigenvalue weighted by Crippen LogP contribution is 2.20. The minimum Gasteiger partial charge on any atom is -0.381 e. The molecule has 0 saturated carbocycles. The van der Waals surface area contributed by atoms with E-state index in [0.717, 1.165) is 70.9 Å². The van der Waals surface area contributed by atoms with E-state index in [1.807, 2.05) is 13.1 Å². The Morgan fingerprint density at radius 3 is 2.55 bits per heavy atom. The summed E-state index contributed by atoms with van der Waals surface area (Å²) >= 11 is 0. The Hall–Kier alpha value is -1.35. The van der Waals surface area contributed by atoms with Crippen LogP contribution in [0.5, 0.6) is 0 Å². The van der Waals surface area contributed by atoms with Crippen LogP contribution in [0.3, 0.4) is 0 Å². The number of benzene rings is 1. The zero-order chi connectivity index (χ0) is 20.0. The third-order valence-electron chi connectivity index (χ3n) is 5.26. The fraction of sp³-hybridized carbons (Fsp3) is 0.636. The summed E-state index contributed by atoms with van der Waals surface area (Å²) in [5.41, 5.74) is 1.33. The molecule has 1 heterocycles. The number of carbonyl (C=O) groups excluding carboxylic acids is 1. The molecule has 0 radical (unpaired) electrons. The molecule has 1 aromatic rings. The highest BCUT2D eigenvalue weighted by Gasteiger charge is 2.22. The van der Waals surface area contributed by atoms with Crippen molar-refractivity contribution >= 4 is 35.8 Å². The molecule has 1 amide bonds. The zero-order valence-electron chi connectivity index (χ0n) is 17.9. The van der Waals surface area contributed by atoms with E-state index in [4.69, 9.17) is 4.74 Å². The molecule has 7 heteroatoms. The van der Waals surface area contributed by atoms with Gasteiger partial charge >= 0.3 is 0 Å².